The minimum atomic E-state index is -0.849. The standard InChI is InChI=1S/C26H20ClN7O2/c27-21-9-12-24(34-17-29-32-33-34)20(15-21)8-13-25(35)31-23(14-18-4-2-1-3-5-18)26(36)30-22-10-6-19(16-28)7-11-22/h1-13,15,17,23H,14H2,(H,30,36)(H,31,35)/t23-/m0/s1. The van der Waals surface area contributed by atoms with Gasteiger partial charge in [0.15, 0.2) is 0 Å². The molecular weight excluding hydrogens is 478 g/mol. The molecule has 36 heavy (non-hydrogen) atoms. The zero-order chi connectivity index (χ0) is 25.3. The molecule has 0 spiro atoms. The monoisotopic (exact) mass is 497 g/mol. The van der Waals surface area contributed by atoms with Gasteiger partial charge in [-0.1, -0.05) is 41.9 Å². The summed E-state index contributed by atoms with van der Waals surface area (Å²) in [6.07, 6.45) is 4.63. The lowest BCUT2D eigenvalue weighted by Crippen LogP contribution is -2.44. The topological polar surface area (TPSA) is 126 Å². The average Bonchev–Trinajstić information content (AvgIpc) is 3.43. The summed E-state index contributed by atoms with van der Waals surface area (Å²) < 4.78 is 1.46. The molecule has 1 aromatic heterocycles. The predicted molar refractivity (Wildman–Crippen MR) is 135 cm³/mol. The molecule has 2 N–H and O–H groups in total. The molecule has 178 valence electrons. The Hall–Kier alpha value is -4.81. The van der Waals surface area contributed by atoms with Crippen LogP contribution < -0.4 is 10.6 Å². The van der Waals surface area contributed by atoms with Crippen molar-refractivity contribution in [3.63, 3.8) is 0 Å². The van der Waals surface area contributed by atoms with Gasteiger partial charge in [0.1, 0.15) is 12.4 Å². The number of halogens is 1. The molecule has 3 aromatic carbocycles. The highest BCUT2D eigenvalue weighted by Gasteiger charge is 2.21. The smallest absolute Gasteiger partial charge is 0.247 e. The van der Waals surface area contributed by atoms with Gasteiger partial charge < -0.3 is 10.6 Å². The van der Waals surface area contributed by atoms with Crippen LogP contribution in [-0.2, 0) is 16.0 Å². The Kier molecular flexibility index (Phi) is 7.80. The Morgan fingerprint density at radius 2 is 1.86 bits per heavy atom. The number of hydrogen-bond acceptors (Lipinski definition) is 6. The van der Waals surface area contributed by atoms with Gasteiger partial charge in [0, 0.05) is 28.8 Å². The van der Waals surface area contributed by atoms with E-state index < -0.39 is 11.9 Å². The minimum Gasteiger partial charge on any atom is -0.340 e. The van der Waals surface area contributed by atoms with Crippen molar-refractivity contribution in [2.75, 3.05) is 5.32 Å². The van der Waals surface area contributed by atoms with Gasteiger partial charge in [0.25, 0.3) is 0 Å². The van der Waals surface area contributed by atoms with Gasteiger partial charge in [0.2, 0.25) is 11.8 Å². The van der Waals surface area contributed by atoms with E-state index in [1.807, 2.05) is 36.4 Å². The summed E-state index contributed by atoms with van der Waals surface area (Å²) in [4.78, 5) is 25.9. The third-order valence-electron chi connectivity index (χ3n) is 5.20. The first kappa shape index (κ1) is 24.3. The summed E-state index contributed by atoms with van der Waals surface area (Å²) in [7, 11) is 0. The molecule has 10 heteroatoms. The van der Waals surface area contributed by atoms with Crippen LogP contribution in [0.5, 0.6) is 0 Å². The number of benzene rings is 3. The van der Waals surface area contributed by atoms with Crippen LogP contribution in [0.1, 0.15) is 16.7 Å². The molecule has 0 saturated carbocycles. The van der Waals surface area contributed by atoms with Gasteiger partial charge >= 0.3 is 0 Å². The van der Waals surface area contributed by atoms with Crippen molar-refractivity contribution in [3.05, 3.63) is 107 Å². The van der Waals surface area contributed by atoms with Crippen molar-refractivity contribution in [1.82, 2.24) is 25.5 Å². The summed E-state index contributed by atoms with van der Waals surface area (Å²) in [6.45, 7) is 0. The van der Waals surface area contributed by atoms with Crippen LogP contribution in [0.25, 0.3) is 11.8 Å². The zero-order valence-electron chi connectivity index (χ0n) is 18.9. The van der Waals surface area contributed by atoms with E-state index in [0.29, 0.717) is 27.5 Å². The van der Waals surface area contributed by atoms with E-state index in [4.69, 9.17) is 16.9 Å². The number of tetrazole rings is 1. The number of hydrogen-bond donors (Lipinski definition) is 2. The summed E-state index contributed by atoms with van der Waals surface area (Å²) in [5.41, 5.74) is 3.14. The molecule has 1 heterocycles. The summed E-state index contributed by atoms with van der Waals surface area (Å²) in [5, 5.41) is 26.2. The highest BCUT2D eigenvalue weighted by Crippen LogP contribution is 2.20. The molecule has 0 fully saturated rings. The summed E-state index contributed by atoms with van der Waals surface area (Å²) in [5.74, 6) is -0.851. The molecule has 9 nitrogen and oxygen atoms in total. The Morgan fingerprint density at radius 1 is 1.08 bits per heavy atom. The van der Waals surface area contributed by atoms with Gasteiger partial charge in [-0.05, 0) is 64.5 Å². The fraction of sp³-hybridized carbons (Fsp3) is 0.0769. The molecule has 0 saturated heterocycles. The number of nitrogens with one attached hydrogen (secondary N) is 2. The number of carbonyl (C=O) groups is 2. The first-order chi connectivity index (χ1) is 17.5. The van der Waals surface area contributed by atoms with Crippen LogP contribution in [0, 0.1) is 11.3 Å². The maximum atomic E-state index is 13.1. The van der Waals surface area contributed by atoms with Crippen molar-refractivity contribution in [2.24, 2.45) is 0 Å². The van der Waals surface area contributed by atoms with Crippen LogP contribution in [-0.4, -0.2) is 38.1 Å². The predicted octanol–water partition coefficient (Wildman–Crippen LogP) is 3.57. The summed E-state index contributed by atoms with van der Waals surface area (Å²) >= 11 is 6.14. The number of anilines is 1. The lowest BCUT2D eigenvalue weighted by atomic mass is 10.0. The molecule has 0 aliphatic rings. The van der Waals surface area contributed by atoms with Crippen LogP contribution in [0.4, 0.5) is 5.69 Å². The van der Waals surface area contributed by atoms with Crippen molar-refractivity contribution in [1.29, 1.82) is 5.26 Å². The lowest BCUT2D eigenvalue weighted by Gasteiger charge is -2.18. The Balaban J connectivity index is 1.52. The number of nitriles is 1. The van der Waals surface area contributed by atoms with Crippen LogP contribution >= 0.6 is 11.6 Å². The number of nitrogens with zero attached hydrogens (tertiary/aromatic N) is 5. The second-order valence-electron chi connectivity index (χ2n) is 7.72. The Morgan fingerprint density at radius 3 is 2.56 bits per heavy atom. The van der Waals surface area contributed by atoms with Crippen molar-refractivity contribution in [3.8, 4) is 11.8 Å². The second-order valence-corrected chi connectivity index (χ2v) is 8.16. The van der Waals surface area contributed by atoms with Gasteiger partial charge in [-0.15, -0.1) is 5.10 Å². The van der Waals surface area contributed by atoms with E-state index >= 15 is 0 Å². The first-order valence-electron chi connectivity index (χ1n) is 10.9. The van der Waals surface area contributed by atoms with Crippen LogP contribution in [0.3, 0.4) is 0 Å². The minimum absolute atomic E-state index is 0.287. The largest absolute Gasteiger partial charge is 0.340 e. The fourth-order valence-corrected chi connectivity index (χ4v) is 3.62. The average molecular weight is 498 g/mol. The van der Waals surface area contributed by atoms with E-state index in [1.165, 1.54) is 17.1 Å². The van der Waals surface area contributed by atoms with E-state index in [1.54, 1.807) is 48.5 Å². The molecule has 0 bridgehead atoms. The third-order valence-corrected chi connectivity index (χ3v) is 5.43. The van der Waals surface area contributed by atoms with E-state index in [2.05, 4.69) is 26.2 Å². The van der Waals surface area contributed by atoms with Crippen molar-refractivity contribution >= 4 is 35.2 Å². The molecule has 0 radical (unpaired) electrons. The molecule has 0 aliphatic heterocycles. The number of carbonyl (C=O) groups excluding carboxylic acids is 2. The fourth-order valence-electron chi connectivity index (χ4n) is 3.44. The molecule has 4 aromatic rings. The molecule has 0 unspecified atom stereocenters. The molecule has 2 amide bonds. The molecule has 0 aliphatic carbocycles. The van der Waals surface area contributed by atoms with Gasteiger partial charge in [0.05, 0.1) is 17.3 Å². The Labute approximate surface area is 212 Å². The van der Waals surface area contributed by atoms with E-state index in [9.17, 15) is 9.59 Å². The first-order valence-corrected chi connectivity index (χ1v) is 11.3. The summed E-state index contributed by atoms with van der Waals surface area (Å²) in [6, 6.07) is 22.2. The lowest BCUT2D eigenvalue weighted by molar-refractivity contribution is -0.123. The number of aromatic nitrogens is 4. The Bertz CT molecular complexity index is 1410. The maximum Gasteiger partial charge on any atom is 0.247 e. The quantitative estimate of drug-likeness (QED) is 0.358. The SMILES string of the molecule is N#Cc1ccc(NC(=O)[C@H](Cc2ccccc2)NC(=O)C=Cc2cc(Cl)ccc2-n2cnnn2)cc1. The highest BCUT2D eigenvalue weighted by molar-refractivity contribution is 6.30. The maximum absolute atomic E-state index is 13.1. The number of rotatable bonds is 8. The molecule has 4 rings (SSSR count). The van der Waals surface area contributed by atoms with Crippen LogP contribution in [0.15, 0.2) is 85.2 Å². The van der Waals surface area contributed by atoms with Crippen LogP contribution in [0.2, 0.25) is 5.02 Å². The molecular formula is C26H20ClN7O2. The van der Waals surface area contributed by atoms with E-state index in [0.717, 1.165) is 5.56 Å². The van der Waals surface area contributed by atoms with E-state index in [-0.39, 0.29) is 12.3 Å². The normalized spacial score (nSPS) is 11.6. The van der Waals surface area contributed by atoms with Gasteiger partial charge in [-0.3, -0.25) is 9.59 Å². The highest BCUT2D eigenvalue weighted by atomic mass is 35.5. The van der Waals surface area contributed by atoms with Gasteiger partial charge in [-0.2, -0.15) is 9.94 Å². The number of amides is 2. The van der Waals surface area contributed by atoms with Crippen molar-refractivity contribution < 1.29 is 9.59 Å². The van der Waals surface area contributed by atoms with Gasteiger partial charge in [-0.25, -0.2) is 0 Å². The molecule has 1 atom stereocenters. The zero-order valence-corrected chi connectivity index (χ0v) is 19.6. The second kappa shape index (κ2) is 11.6. The third kappa shape index (κ3) is 6.40. The van der Waals surface area contributed by atoms with Crippen molar-refractivity contribution in [2.45, 2.75) is 12.5 Å².